The lowest BCUT2D eigenvalue weighted by Crippen LogP contribution is -2.35. The predicted octanol–water partition coefficient (Wildman–Crippen LogP) is 2.43. The Morgan fingerprint density at radius 3 is 3.00 bits per heavy atom. The number of piperidine rings is 1. The Bertz CT molecular complexity index is 299. The summed E-state index contributed by atoms with van der Waals surface area (Å²) in [4.78, 5) is 4.01. The minimum Gasteiger partial charge on any atom is -0.372 e. The molecule has 1 N–H and O–H groups in total. The fourth-order valence-electron chi connectivity index (χ4n) is 1.67. The van der Waals surface area contributed by atoms with Gasteiger partial charge in [-0.2, -0.15) is 0 Å². The van der Waals surface area contributed by atoms with Crippen molar-refractivity contribution in [1.82, 2.24) is 10.3 Å². The first-order valence-electron chi connectivity index (χ1n) is 5.27. The highest BCUT2D eigenvalue weighted by atomic mass is 35.5. The van der Waals surface area contributed by atoms with E-state index >= 15 is 0 Å². The van der Waals surface area contributed by atoms with Crippen molar-refractivity contribution in [2.75, 3.05) is 13.1 Å². The minimum absolute atomic E-state index is 0. The van der Waals surface area contributed by atoms with Crippen LogP contribution in [0.1, 0.15) is 18.4 Å². The molecule has 1 aliphatic rings. The van der Waals surface area contributed by atoms with Crippen LogP contribution in [0.3, 0.4) is 0 Å². The van der Waals surface area contributed by atoms with Crippen molar-refractivity contribution in [2.24, 2.45) is 0 Å². The van der Waals surface area contributed by atoms with Crippen molar-refractivity contribution in [3.8, 4) is 0 Å². The molecule has 0 saturated carbocycles. The second-order valence-electron chi connectivity index (χ2n) is 3.77. The maximum atomic E-state index is 5.76. The van der Waals surface area contributed by atoms with E-state index in [0.717, 1.165) is 25.1 Å². The molecule has 1 atom stereocenters. The van der Waals surface area contributed by atoms with Crippen molar-refractivity contribution in [3.05, 3.63) is 29.0 Å². The van der Waals surface area contributed by atoms with Crippen molar-refractivity contribution < 1.29 is 4.74 Å². The molecule has 0 aromatic carbocycles. The van der Waals surface area contributed by atoms with Gasteiger partial charge in [0.25, 0.3) is 0 Å². The van der Waals surface area contributed by atoms with Crippen LogP contribution in [0.4, 0.5) is 0 Å². The first kappa shape index (κ1) is 13.7. The van der Waals surface area contributed by atoms with Gasteiger partial charge in [-0.25, -0.2) is 4.98 Å². The first-order chi connectivity index (χ1) is 7.34. The lowest BCUT2D eigenvalue weighted by atomic mass is 10.1. The van der Waals surface area contributed by atoms with Gasteiger partial charge in [0.15, 0.2) is 0 Å². The standard InChI is InChI=1S/C11H15ClN2O.ClH/c12-11-4-3-9(6-14-11)8-15-10-2-1-5-13-7-10;/h3-4,6,10,13H,1-2,5,7-8H2;1H/t10-;/m0./s1. The van der Waals surface area contributed by atoms with Crippen LogP contribution < -0.4 is 5.32 Å². The molecule has 3 nitrogen and oxygen atoms in total. The molecule has 0 unspecified atom stereocenters. The van der Waals surface area contributed by atoms with Gasteiger partial charge in [-0.15, -0.1) is 12.4 Å². The third kappa shape index (κ3) is 4.26. The van der Waals surface area contributed by atoms with E-state index in [4.69, 9.17) is 16.3 Å². The van der Waals surface area contributed by atoms with Crippen LogP contribution in [0.25, 0.3) is 0 Å². The van der Waals surface area contributed by atoms with Crippen molar-refractivity contribution in [1.29, 1.82) is 0 Å². The van der Waals surface area contributed by atoms with E-state index in [1.54, 1.807) is 12.3 Å². The molecule has 2 heterocycles. The largest absolute Gasteiger partial charge is 0.372 e. The highest BCUT2D eigenvalue weighted by Crippen LogP contribution is 2.11. The van der Waals surface area contributed by atoms with Gasteiger partial charge in [-0.1, -0.05) is 17.7 Å². The Morgan fingerprint density at radius 2 is 2.38 bits per heavy atom. The summed E-state index contributed by atoms with van der Waals surface area (Å²) in [5.74, 6) is 0. The fraction of sp³-hybridized carbons (Fsp3) is 0.545. The van der Waals surface area contributed by atoms with Crippen LogP contribution in [0.5, 0.6) is 0 Å². The smallest absolute Gasteiger partial charge is 0.129 e. The molecule has 1 saturated heterocycles. The van der Waals surface area contributed by atoms with Crippen LogP contribution >= 0.6 is 24.0 Å². The maximum Gasteiger partial charge on any atom is 0.129 e. The maximum absolute atomic E-state index is 5.76. The second kappa shape index (κ2) is 7.07. The Balaban J connectivity index is 0.00000128. The number of nitrogens with zero attached hydrogens (tertiary/aromatic N) is 1. The summed E-state index contributed by atoms with van der Waals surface area (Å²) in [6.07, 6.45) is 4.45. The molecule has 1 aliphatic heterocycles. The number of hydrogen-bond acceptors (Lipinski definition) is 3. The molecule has 0 aliphatic carbocycles. The van der Waals surface area contributed by atoms with E-state index in [0.29, 0.717) is 17.9 Å². The zero-order valence-electron chi connectivity index (χ0n) is 8.99. The number of pyridine rings is 1. The quantitative estimate of drug-likeness (QED) is 0.850. The molecule has 1 aromatic rings. The number of rotatable bonds is 3. The summed E-state index contributed by atoms with van der Waals surface area (Å²) < 4.78 is 5.76. The van der Waals surface area contributed by atoms with Gasteiger partial charge >= 0.3 is 0 Å². The van der Waals surface area contributed by atoms with Crippen molar-refractivity contribution in [3.63, 3.8) is 0 Å². The van der Waals surface area contributed by atoms with E-state index in [1.165, 1.54) is 6.42 Å². The summed E-state index contributed by atoms with van der Waals surface area (Å²) in [5.41, 5.74) is 1.07. The molecule has 0 bridgehead atoms. The Kier molecular flexibility index (Phi) is 6.06. The van der Waals surface area contributed by atoms with Crippen LogP contribution in [-0.2, 0) is 11.3 Å². The SMILES string of the molecule is Cl.Clc1ccc(CO[C@H]2CCCNC2)cn1. The van der Waals surface area contributed by atoms with Gasteiger partial charge in [0.05, 0.1) is 12.7 Å². The number of aromatic nitrogens is 1. The zero-order chi connectivity index (χ0) is 10.5. The van der Waals surface area contributed by atoms with Gasteiger partial charge in [0.1, 0.15) is 5.15 Å². The number of hydrogen-bond donors (Lipinski definition) is 1. The van der Waals surface area contributed by atoms with E-state index < -0.39 is 0 Å². The highest BCUT2D eigenvalue weighted by molar-refractivity contribution is 6.29. The molecule has 0 amide bonds. The molecule has 5 heteroatoms. The van der Waals surface area contributed by atoms with E-state index in [1.807, 2.05) is 6.07 Å². The van der Waals surface area contributed by atoms with E-state index in [2.05, 4.69) is 10.3 Å². The highest BCUT2D eigenvalue weighted by Gasteiger charge is 2.12. The fourth-order valence-corrected chi connectivity index (χ4v) is 1.78. The van der Waals surface area contributed by atoms with Gasteiger partial charge < -0.3 is 10.1 Å². The summed E-state index contributed by atoms with van der Waals surface area (Å²) >= 11 is 5.70. The van der Waals surface area contributed by atoms with E-state index in [9.17, 15) is 0 Å². The van der Waals surface area contributed by atoms with Gasteiger partial charge in [0, 0.05) is 12.7 Å². The lowest BCUT2D eigenvalue weighted by molar-refractivity contribution is 0.0252. The number of nitrogens with one attached hydrogen (secondary N) is 1. The summed E-state index contributed by atoms with van der Waals surface area (Å²) in [5, 5.41) is 3.84. The third-order valence-corrected chi connectivity index (χ3v) is 2.75. The molecule has 16 heavy (non-hydrogen) atoms. The average Bonchev–Trinajstić information content (AvgIpc) is 2.30. The summed E-state index contributed by atoms with van der Waals surface area (Å²) in [7, 11) is 0. The van der Waals surface area contributed by atoms with Crippen molar-refractivity contribution >= 4 is 24.0 Å². The summed E-state index contributed by atoms with van der Waals surface area (Å²) in [6.45, 7) is 2.69. The van der Waals surface area contributed by atoms with Crippen LogP contribution in [0.2, 0.25) is 5.15 Å². The van der Waals surface area contributed by atoms with Crippen LogP contribution in [0.15, 0.2) is 18.3 Å². The van der Waals surface area contributed by atoms with Crippen LogP contribution in [0, 0.1) is 0 Å². The Morgan fingerprint density at radius 1 is 1.50 bits per heavy atom. The molecule has 1 fully saturated rings. The van der Waals surface area contributed by atoms with Gasteiger partial charge in [-0.3, -0.25) is 0 Å². The topological polar surface area (TPSA) is 34.1 Å². The molecule has 0 radical (unpaired) electrons. The Labute approximate surface area is 107 Å². The molecule has 0 spiro atoms. The van der Waals surface area contributed by atoms with Gasteiger partial charge in [-0.05, 0) is 31.0 Å². The lowest BCUT2D eigenvalue weighted by Gasteiger charge is -2.22. The van der Waals surface area contributed by atoms with Crippen molar-refractivity contribution in [2.45, 2.75) is 25.6 Å². The monoisotopic (exact) mass is 262 g/mol. The first-order valence-corrected chi connectivity index (χ1v) is 5.65. The number of ether oxygens (including phenoxy) is 1. The molecular formula is C11H16Cl2N2O. The number of halogens is 2. The third-order valence-electron chi connectivity index (χ3n) is 2.53. The molecular weight excluding hydrogens is 247 g/mol. The predicted molar refractivity (Wildman–Crippen MR) is 67.2 cm³/mol. The molecule has 90 valence electrons. The van der Waals surface area contributed by atoms with E-state index in [-0.39, 0.29) is 12.4 Å². The Hall–Kier alpha value is -0.350. The second-order valence-corrected chi connectivity index (χ2v) is 4.16. The van der Waals surface area contributed by atoms with Gasteiger partial charge in [0.2, 0.25) is 0 Å². The molecule has 2 rings (SSSR count). The summed E-state index contributed by atoms with van der Waals surface area (Å²) in [6, 6.07) is 3.74. The zero-order valence-corrected chi connectivity index (χ0v) is 10.6. The molecule has 1 aromatic heterocycles. The minimum atomic E-state index is 0. The van der Waals surface area contributed by atoms with Crippen LogP contribution in [-0.4, -0.2) is 24.2 Å². The normalized spacial score (nSPS) is 20.2. The average molecular weight is 263 g/mol.